The van der Waals surface area contributed by atoms with Crippen LogP contribution in [0.4, 0.5) is 5.69 Å². The molecule has 1 saturated carbocycles. The van der Waals surface area contributed by atoms with Gasteiger partial charge in [0.15, 0.2) is 0 Å². The summed E-state index contributed by atoms with van der Waals surface area (Å²) in [6.45, 7) is 2.80. The van der Waals surface area contributed by atoms with Gasteiger partial charge in [0, 0.05) is 42.9 Å². The second-order valence-electron chi connectivity index (χ2n) is 6.57. The van der Waals surface area contributed by atoms with Gasteiger partial charge in [-0.25, -0.2) is 0 Å². The molecular formula is C18H24ClN3O2. The number of nitrogens with zero attached hydrogens (tertiary/aromatic N) is 2. The van der Waals surface area contributed by atoms with Crippen LogP contribution < -0.4 is 10.2 Å². The molecule has 1 aliphatic carbocycles. The molecule has 1 aromatic carbocycles. The van der Waals surface area contributed by atoms with Crippen molar-refractivity contribution in [2.24, 2.45) is 0 Å². The lowest BCUT2D eigenvalue weighted by Crippen LogP contribution is -2.50. The van der Waals surface area contributed by atoms with E-state index in [0.29, 0.717) is 13.1 Å². The Hall–Kier alpha value is -1.75. The van der Waals surface area contributed by atoms with Crippen molar-refractivity contribution in [2.45, 2.75) is 38.1 Å². The highest BCUT2D eigenvalue weighted by molar-refractivity contribution is 6.30. The molecule has 1 saturated heterocycles. The maximum atomic E-state index is 12.3. The first-order valence-corrected chi connectivity index (χ1v) is 9.07. The molecule has 24 heavy (non-hydrogen) atoms. The Morgan fingerprint density at radius 2 is 1.83 bits per heavy atom. The second kappa shape index (κ2) is 7.88. The Morgan fingerprint density at radius 1 is 1.12 bits per heavy atom. The summed E-state index contributed by atoms with van der Waals surface area (Å²) < 4.78 is 0. The fourth-order valence-corrected chi connectivity index (χ4v) is 3.67. The molecule has 0 aromatic heterocycles. The van der Waals surface area contributed by atoms with E-state index in [4.69, 9.17) is 11.6 Å². The summed E-state index contributed by atoms with van der Waals surface area (Å²) in [6.07, 6.45) is 4.39. The fraction of sp³-hybridized carbons (Fsp3) is 0.556. The average Bonchev–Trinajstić information content (AvgIpc) is 3.07. The number of hydrogen-bond acceptors (Lipinski definition) is 3. The molecule has 0 atom stereocenters. The van der Waals surface area contributed by atoms with Gasteiger partial charge in [-0.05, 0) is 31.0 Å². The van der Waals surface area contributed by atoms with E-state index >= 15 is 0 Å². The highest BCUT2D eigenvalue weighted by Gasteiger charge is 2.24. The van der Waals surface area contributed by atoms with Crippen LogP contribution in [0.25, 0.3) is 0 Å². The topological polar surface area (TPSA) is 52.7 Å². The normalized spacial score (nSPS) is 18.7. The highest BCUT2D eigenvalue weighted by atomic mass is 35.5. The van der Waals surface area contributed by atoms with Gasteiger partial charge in [0.1, 0.15) is 6.42 Å². The SMILES string of the molecule is O=C(CC(=O)N1CCN(c2cccc(Cl)c2)CC1)NC1CCCC1. The van der Waals surface area contributed by atoms with Gasteiger partial charge in [0.2, 0.25) is 11.8 Å². The molecule has 3 rings (SSSR count). The largest absolute Gasteiger partial charge is 0.368 e. The summed E-state index contributed by atoms with van der Waals surface area (Å²) in [6, 6.07) is 8.02. The zero-order valence-electron chi connectivity index (χ0n) is 13.8. The lowest BCUT2D eigenvalue weighted by Gasteiger charge is -2.36. The number of piperazine rings is 1. The van der Waals surface area contributed by atoms with Crippen LogP contribution in [0.3, 0.4) is 0 Å². The van der Waals surface area contributed by atoms with E-state index in [1.54, 1.807) is 4.90 Å². The van der Waals surface area contributed by atoms with Gasteiger partial charge in [0.05, 0.1) is 0 Å². The summed E-state index contributed by atoms with van der Waals surface area (Å²) in [7, 11) is 0. The first-order chi connectivity index (χ1) is 11.6. The lowest BCUT2D eigenvalue weighted by molar-refractivity contribution is -0.136. The number of amides is 2. The Morgan fingerprint density at radius 3 is 2.50 bits per heavy atom. The zero-order chi connectivity index (χ0) is 16.9. The van der Waals surface area contributed by atoms with Crippen LogP contribution in [0.15, 0.2) is 24.3 Å². The zero-order valence-corrected chi connectivity index (χ0v) is 14.6. The third kappa shape index (κ3) is 4.41. The molecule has 1 aliphatic heterocycles. The molecule has 130 valence electrons. The smallest absolute Gasteiger partial charge is 0.232 e. The second-order valence-corrected chi connectivity index (χ2v) is 7.01. The third-order valence-electron chi connectivity index (χ3n) is 4.84. The molecule has 0 bridgehead atoms. The molecule has 2 amide bonds. The molecule has 1 heterocycles. The molecule has 2 fully saturated rings. The highest BCUT2D eigenvalue weighted by Crippen LogP contribution is 2.21. The molecule has 1 aromatic rings. The maximum Gasteiger partial charge on any atom is 0.232 e. The number of rotatable bonds is 4. The van der Waals surface area contributed by atoms with E-state index < -0.39 is 0 Å². The first kappa shape index (κ1) is 17.1. The molecular weight excluding hydrogens is 326 g/mol. The number of carbonyl (C=O) groups is 2. The number of benzene rings is 1. The molecule has 1 N–H and O–H groups in total. The van der Waals surface area contributed by atoms with Crippen molar-refractivity contribution in [3.05, 3.63) is 29.3 Å². The van der Waals surface area contributed by atoms with Gasteiger partial charge < -0.3 is 15.1 Å². The number of carbonyl (C=O) groups excluding carboxylic acids is 2. The average molecular weight is 350 g/mol. The Labute approximate surface area is 147 Å². The van der Waals surface area contributed by atoms with E-state index in [9.17, 15) is 9.59 Å². The molecule has 0 unspecified atom stereocenters. The Kier molecular flexibility index (Phi) is 5.61. The molecule has 5 nitrogen and oxygen atoms in total. The minimum Gasteiger partial charge on any atom is -0.368 e. The Bertz CT molecular complexity index is 594. The number of halogens is 1. The van der Waals surface area contributed by atoms with Gasteiger partial charge in [-0.1, -0.05) is 30.5 Å². The van der Waals surface area contributed by atoms with Gasteiger partial charge in [0.25, 0.3) is 0 Å². The van der Waals surface area contributed by atoms with E-state index in [1.807, 2.05) is 24.3 Å². The minimum atomic E-state index is -0.135. The van der Waals surface area contributed by atoms with Crippen LogP contribution in [-0.2, 0) is 9.59 Å². The molecule has 0 radical (unpaired) electrons. The maximum absolute atomic E-state index is 12.3. The van der Waals surface area contributed by atoms with Crippen molar-refractivity contribution in [2.75, 3.05) is 31.1 Å². The van der Waals surface area contributed by atoms with E-state index in [-0.39, 0.29) is 24.3 Å². The number of anilines is 1. The molecule has 0 spiro atoms. The minimum absolute atomic E-state index is 0.0341. The standard InChI is InChI=1S/C18H24ClN3O2/c19-14-4-3-7-16(12-14)21-8-10-22(11-9-21)18(24)13-17(23)20-15-5-1-2-6-15/h3-4,7,12,15H,1-2,5-6,8-11,13H2,(H,20,23). The van der Waals surface area contributed by atoms with Crippen LogP contribution >= 0.6 is 11.6 Å². The first-order valence-electron chi connectivity index (χ1n) is 8.69. The van der Waals surface area contributed by atoms with Crippen molar-refractivity contribution in [1.29, 1.82) is 0 Å². The van der Waals surface area contributed by atoms with Crippen molar-refractivity contribution in [1.82, 2.24) is 10.2 Å². The van der Waals surface area contributed by atoms with Crippen LogP contribution in [0, 0.1) is 0 Å². The fourth-order valence-electron chi connectivity index (χ4n) is 3.48. The van der Waals surface area contributed by atoms with Gasteiger partial charge in [-0.2, -0.15) is 0 Å². The van der Waals surface area contributed by atoms with E-state index in [0.717, 1.165) is 36.6 Å². The third-order valence-corrected chi connectivity index (χ3v) is 5.07. The lowest BCUT2D eigenvalue weighted by atomic mass is 10.2. The van der Waals surface area contributed by atoms with E-state index in [2.05, 4.69) is 10.2 Å². The Balaban J connectivity index is 1.45. The van der Waals surface area contributed by atoms with Gasteiger partial charge in [-0.3, -0.25) is 9.59 Å². The summed E-state index contributed by atoms with van der Waals surface area (Å²) in [4.78, 5) is 28.3. The van der Waals surface area contributed by atoms with E-state index in [1.165, 1.54) is 12.8 Å². The molecule has 6 heteroatoms. The van der Waals surface area contributed by atoms with Crippen LogP contribution in [0.2, 0.25) is 5.02 Å². The van der Waals surface area contributed by atoms with Crippen LogP contribution in [-0.4, -0.2) is 48.9 Å². The monoisotopic (exact) mass is 349 g/mol. The quantitative estimate of drug-likeness (QED) is 0.849. The summed E-state index contributed by atoms with van der Waals surface area (Å²) in [5.74, 6) is -0.208. The summed E-state index contributed by atoms with van der Waals surface area (Å²) in [5.41, 5.74) is 1.08. The van der Waals surface area contributed by atoms with Crippen molar-refractivity contribution >= 4 is 29.1 Å². The van der Waals surface area contributed by atoms with Crippen LogP contribution in [0.5, 0.6) is 0 Å². The predicted molar refractivity (Wildman–Crippen MR) is 95.3 cm³/mol. The number of nitrogens with one attached hydrogen (secondary N) is 1. The summed E-state index contributed by atoms with van der Waals surface area (Å²) in [5, 5.41) is 3.70. The summed E-state index contributed by atoms with van der Waals surface area (Å²) >= 11 is 6.03. The van der Waals surface area contributed by atoms with Gasteiger partial charge in [-0.15, -0.1) is 0 Å². The molecule has 2 aliphatic rings. The van der Waals surface area contributed by atoms with Crippen molar-refractivity contribution < 1.29 is 9.59 Å². The van der Waals surface area contributed by atoms with Crippen molar-refractivity contribution in [3.8, 4) is 0 Å². The predicted octanol–water partition coefficient (Wildman–Crippen LogP) is 2.44. The van der Waals surface area contributed by atoms with Gasteiger partial charge >= 0.3 is 0 Å². The number of hydrogen-bond donors (Lipinski definition) is 1. The van der Waals surface area contributed by atoms with Crippen LogP contribution in [0.1, 0.15) is 32.1 Å². The van der Waals surface area contributed by atoms with Crippen molar-refractivity contribution in [3.63, 3.8) is 0 Å².